The average Bonchev–Trinajstić information content (AvgIpc) is 2.80. The Labute approximate surface area is 152 Å². The molecule has 25 heavy (non-hydrogen) atoms. The van der Waals surface area contributed by atoms with Gasteiger partial charge in [-0.1, -0.05) is 55.8 Å². The van der Waals surface area contributed by atoms with Crippen LogP contribution in [0, 0.1) is 0 Å². The third-order valence-electron chi connectivity index (χ3n) is 3.43. The molecule has 2 aromatic carbocycles. The number of rotatable bonds is 2. The summed E-state index contributed by atoms with van der Waals surface area (Å²) in [7, 11) is 0. The molecule has 1 aliphatic rings. The smallest absolute Gasteiger partial charge is 0.244 e. The van der Waals surface area contributed by atoms with Crippen LogP contribution in [-0.4, -0.2) is 18.4 Å². The number of fused-ring (bicyclic) bond motifs is 1. The molecule has 0 saturated heterocycles. The van der Waals surface area contributed by atoms with Crippen molar-refractivity contribution >= 4 is 35.7 Å². The van der Waals surface area contributed by atoms with Gasteiger partial charge in [0.05, 0.1) is 22.8 Å². The Bertz CT molecular complexity index is 760. The summed E-state index contributed by atoms with van der Waals surface area (Å²) in [5, 5.41) is 4.77. The number of carbonyl (C=O) groups is 2. The molecule has 0 unspecified atom stereocenters. The van der Waals surface area contributed by atoms with Crippen molar-refractivity contribution in [2.45, 2.75) is 26.7 Å². The molecule has 3 N–H and O–H groups in total. The zero-order valence-corrected chi connectivity index (χ0v) is 15.1. The fourth-order valence-corrected chi connectivity index (χ4v) is 2.51. The van der Waals surface area contributed by atoms with Gasteiger partial charge in [-0.25, -0.2) is 5.43 Å². The maximum absolute atomic E-state index is 11.7. The Morgan fingerprint density at radius 2 is 1.88 bits per heavy atom. The van der Waals surface area contributed by atoms with Crippen molar-refractivity contribution in [1.82, 2.24) is 5.43 Å². The Morgan fingerprint density at radius 3 is 2.56 bits per heavy atom. The molecule has 2 aromatic rings. The molecule has 132 valence electrons. The van der Waals surface area contributed by atoms with Crippen LogP contribution in [0.2, 0.25) is 5.02 Å². The number of benzene rings is 2. The van der Waals surface area contributed by atoms with E-state index in [-0.39, 0.29) is 5.91 Å². The molecule has 0 atom stereocenters. The van der Waals surface area contributed by atoms with E-state index in [1.54, 1.807) is 6.07 Å². The standard InChI is InChI=1S/C16H14ClN3O.C2H6.CH2O/c17-13-6-5-10(7-14(13)18)8-15-12-4-2-1-3-11(12)9-16(21)20-19-15;2*1-2/h1-7H,8-9,18H2,(H,20,21);1-2H3;1H2. The summed E-state index contributed by atoms with van der Waals surface area (Å²) in [5.41, 5.74) is 12.7. The predicted molar refractivity (Wildman–Crippen MR) is 103 cm³/mol. The number of halogens is 1. The molecule has 0 spiro atoms. The van der Waals surface area contributed by atoms with Crippen LogP contribution in [0.15, 0.2) is 47.6 Å². The topological polar surface area (TPSA) is 84.6 Å². The third kappa shape index (κ3) is 5.43. The van der Waals surface area contributed by atoms with Gasteiger partial charge >= 0.3 is 0 Å². The molecule has 0 aromatic heterocycles. The fraction of sp³-hybridized carbons (Fsp3) is 0.211. The molecule has 1 amide bonds. The second-order valence-corrected chi connectivity index (χ2v) is 5.37. The summed E-state index contributed by atoms with van der Waals surface area (Å²) in [5.74, 6) is -0.104. The lowest BCUT2D eigenvalue weighted by Gasteiger charge is -2.09. The van der Waals surface area contributed by atoms with E-state index in [0.29, 0.717) is 23.6 Å². The highest BCUT2D eigenvalue weighted by Crippen LogP contribution is 2.22. The lowest BCUT2D eigenvalue weighted by molar-refractivity contribution is -0.120. The van der Waals surface area contributed by atoms with Crippen LogP contribution < -0.4 is 11.2 Å². The predicted octanol–water partition coefficient (Wildman–Crippen LogP) is 3.38. The monoisotopic (exact) mass is 359 g/mol. The van der Waals surface area contributed by atoms with E-state index in [9.17, 15) is 4.79 Å². The molecule has 0 fully saturated rings. The zero-order chi connectivity index (χ0) is 18.8. The number of hydrazone groups is 1. The summed E-state index contributed by atoms with van der Waals surface area (Å²) in [6, 6.07) is 13.3. The van der Waals surface area contributed by atoms with E-state index < -0.39 is 0 Å². The minimum Gasteiger partial charge on any atom is -0.398 e. The summed E-state index contributed by atoms with van der Waals surface area (Å²) in [4.78, 5) is 19.7. The van der Waals surface area contributed by atoms with Crippen LogP contribution in [0.4, 0.5) is 5.69 Å². The van der Waals surface area contributed by atoms with Crippen molar-refractivity contribution in [1.29, 1.82) is 0 Å². The van der Waals surface area contributed by atoms with Gasteiger partial charge in [-0.05, 0) is 23.3 Å². The van der Waals surface area contributed by atoms with E-state index in [1.165, 1.54) is 0 Å². The lowest BCUT2D eigenvalue weighted by Crippen LogP contribution is -2.18. The Hall–Kier alpha value is -2.66. The van der Waals surface area contributed by atoms with Crippen molar-refractivity contribution in [2.24, 2.45) is 5.10 Å². The summed E-state index contributed by atoms with van der Waals surface area (Å²) >= 11 is 5.94. The fourth-order valence-electron chi connectivity index (χ4n) is 2.39. The molecule has 6 heteroatoms. The quantitative estimate of drug-likeness (QED) is 0.806. The van der Waals surface area contributed by atoms with Gasteiger partial charge in [-0.2, -0.15) is 5.10 Å². The molecule has 0 saturated carbocycles. The molecule has 5 nitrogen and oxygen atoms in total. The molecular formula is C19H22ClN3O2. The van der Waals surface area contributed by atoms with Crippen LogP contribution in [-0.2, 0) is 22.4 Å². The Morgan fingerprint density at radius 1 is 1.20 bits per heavy atom. The molecule has 0 bridgehead atoms. The largest absolute Gasteiger partial charge is 0.398 e. The normalized spacial score (nSPS) is 12.1. The number of hydrogen-bond acceptors (Lipinski definition) is 4. The van der Waals surface area contributed by atoms with E-state index in [0.717, 1.165) is 22.4 Å². The zero-order valence-electron chi connectivity index (χ0n) is 14.4. The highest BCUT2D eigenvalue weighted by Gasteiger charge is 2.17. The van der Waals surface area contributed by atoms with Gasteiger partial charge in [0.15, 0.2) is 0 Å². The van der Waals surface area contributed by atoms with Gasteiger partial charge in [0, 0.05) is 12.0 Å². The number of carbonyl (C=O) groups excluding carboxylic acids is 2. The van der Waals surface area contributed by atoms with Gasteiger partial charge < -0.3 is 10.5 Å². The van der Waals surface area contributed by atoms with Gasteiger partial charge in [0.1, 0.15) is 6.79 Å². The van der Waals surface area contributed by atoms with Crippen LogP contribution >= 0.6 is 11.6 Å². The molecule has 0 aliphatic carbocycles. The number of anilines is 1. The summed E-state index contributed by atoms with van der Waals surface area (Å²) in [6.45, 7) is 6.00. The second-order valence-electron chi connectivity index (χ2n) is 4.96. The van der Waals surface area contributed by atoms with Crippen LogP contribution in [0.1, 0.15) is 30.5 Å². The number of nitrogens with two attached hydrogens (primary N) is 1. The van der Waals surface area contributed by atoms with Crippen LogP contribution in [0.5, 0.6) is 0 Å². The van der Waals surface area contributed by atoms with Gasteiger partial charge in [-0.3, -0.25) is 4.79 Å². The van der Waals surface area contributed by atoms with Crippen LogP contribution in [0.3, 0.4) is 0 Å². The van der Waals surface area contributed by atoms with Gasteiger partial charge in [0.2, 0.25) is 5.91 Å². The third-order valence-corrected chi connectivity index (χ3v) is 3.77. The number of amides is 1. The Balaban J connectivity index is 0.000000730. The average molecular weight is 360 g/mol. The number of hydrogen-bond donors (Lipinski definition) is 2. The van der Waals surface area contributed by atoms with Crippen molar-refractivity contribution in [3.05, 3.63) is 64.2 Å². The minimum atomic E-state index is -0.104. The number of nitrogen functional groups attached to an aromatic ring is 1. The van der Waals surface area contributed by atoms with Gasteiger partial charge in [0.25, 0.3) is 0 Å². The first-order valence-corrected chi connectivity index (χ1v) is 8.28. The summed E-state index contributed by atoms with van der Waals surface area (Å²) in [6.07, 6.45) is 0.921. The van der Waals surface area contributed by atoms with E-state index in [2.05, 4.69) is 10.5 Å². The first-order chi connectivity index (χ1) is 12.1. The SMILES string of the molecule is C=O.CC.Nc1cc(CC2=NNC(=O)Cc3ccccc32)ccc1Cl. The van der Waals surface area contributed by atoms with Crippen molar-refractivity contribution in [3.8, 4) is 0 Å². The first kappa shape index (κ1) is 20.4. The maximum atomic E-state index is 11.7. The highest BCUT2D eigenvalue weighted by atomic mass is 35.5. The molecule has 3 rings (SSSR count). The molecule has 1 aliphatic heterocycles. The maximum Gasteiger partial charge on any atom is 0.244 e. The molecule has 0 radical (unpaired) electrons. The van der Waals surface area contributed by atoms with Crippen molar-refractivity contribution < 1.29 is 9.59 Å². The van der Waals surface area contributed by atoms with Crippen molar-refractivity contribution in [2.75, 3.05) is 5.73 Å². The van der Waals surface area contributed by atoms with Crippen molar-refractivity contribution in [3.63, 3.8) is 0 Å². The second kappa shape index (κ2) is 10.3. The number of nitrogens with zero attached hydrogens (tertiary/aromatic N) is 1. The molecule has 1 heterocycles. The first-order valence-electron chi connectivity index (χ1n) is 7.90. The van der Waals surface area contributed by atoms with E-state index in [1.807, 2.05) is 57.0 Å². The number of nitrogens with one attached hydrogen (secondary N) is 1. The highest BCUT2D eigenvalue weighted by molar-refractivity contribution is 6.33. The summed E-state index contributed by atoms with van der Waals surface area (Å²) < 4.78 is 0. The van der Waals surface area contributed by atoms with E-state index in [4.69, 9.17) is 22.1 Å². The minimum absolute atomic E-state index is 0.104. The van der Waals surface area contributed by atoms with Crippen LogP contribution in [0.25, 0.3) is 0 Å². The van der Waals surface area contributed by atoms with Gasteiger partial charge in [-0.15, -0.1) is 0 Å². The van der Waals surface area contributed by atoms with E-state index >= 15 is 0 Å². The Kier molecular flexibility index (Phi) is 8.36. The lowest BCUT2D eigenvalue weighted by atomic mass is 9.96. The molecular weight excluding hydrogens is 338 g/mol.